The summed E-state index contributed by atoms with van der Waals surface area (Å²) in [4.78, 5) is 14.2. The molecule has 82 valence electrons. The normalized spacial score (nSPS) is 10.8. The molecule has 0 aromatic heterocycles. The van der Waals surface area contributed by atoms with Crippen molar-refractivity contribution in [2.45, 2.75) is 0 Å². The Morgan fingerprint density at radius 1 is 1.50 bits per heavy atom. The molecular weight excluding hydrogens is 249 g/mol. The van der Waals surface area contributed by atoms with Crippen molar-refractivity contribution in [3.05, 3.63) is 50.9 Å². The van der Waals surface area contributed by atoms with E-state index in [1.165, 1.54) is 19.3 Å². The van der Waals surface area contributed by atoms with Gasteiger partial charge in [-0.25, -0.2) is 4.85 Å². The fraction of sp³-hybridized carbons (Fsp3) is 0.0909. The SMILES string of the molecule is [C-]#[N+]C(=Cc1ccc(Cl)cc1Cl)C(=O)OC. The molecule has 1 rings (SSSR count). The van der Waals surface area contributed by atoms with Crippen LogP contribution in [-0.4, -0.2) is 13.1 Å². The molecule has 16 heavy (non-hydrogen) atoms. The molecule has 0 unspecified atom stereocenters. The number of ether oxygens (including phenoxy) is 1. The molecule has 5 heteroatoms. The first kappa shape index (κ1) is 12.6. The first-order valence-corrected chi connectivity index (χ1v) is 4.96. The first-order chi connectivity index (χ1) is 7.58. The van der Waals surface area contributed by atoms with E-state index in [0.717, 1.165) is 0 Å². The van der Waals surface area contributed by atoms with E-state index in [2.05, 4.69) is 9.58 Å². The smallest absolute Gasteiger partial charge is 0.336 e. The van der Waals surface area contributed by atoms with Crippen LogP contribution < -0.4 is 0 Å². The molecule has 0 N–H and O–H groups in total. The Labute approximate surface area is 103 Å². The lowest BCUT2D eigenvalue weighted by atomic mass is 10.2. The highest BCUT2D eigenvalue weighted by atomic mass is 35.5. The molecule has 1 aromatic rings. The highest BCUT2D eigenvalue weighted by molar-refractivity contribution is 6.35. The summed E-state index contributed by atoms with van der Waals surface area (Å²) in [6, 6.07) is 4.78. The summed E-state index contributed by atoms with van der Waals surface area (Å²) in [5.74, 6) is -0.694. The van der Waals surface area contributed by atoms with Gasteiger partial charge in [-0.3, -0.25) is 4.79 Å². The average Bonchev–Trinajstić information content (AvgIpc) is 2.27. The molecule has 0 aliphatic heterocycles. The van der Waals surface area contributed by atoms with Crippen molar-refractivity contribution in [3.63, 3.8) is 0 Å². The van der Waals surface area contributed by atoms with Gasteiger partial charge in [0.05, 0.1) is 13.7 Å². The van der Waals surface area contributed by atoms with Crippen molar-refractivity contribution < 1.29 is 9.53 Å². The molecule has 0 spiro atoms. The fourth-order valence-corrected chi connectivity index (χ4v) is 1.47. The summed E-state index contributed by atoms with van der Waals surface area (Å²) in [5.41, 5.74) is 0.411. The van der Waals surface area contributed by atoms with Gasteiger partial charge in [-0.1, -0.05) is 29.3 Å². The topological polar surface area (TPSA) is 30.7 Å². The molecule has 0 saturated carbocycles. The van der Waals surface area contributed by atoms with Gasteiger partial charge in [0.2, 0.25) is 0 Å². The molecule has 0 saturated heterocycles. The molecule has 0 heterocycles. The average molecular weight is 256 g/mol. The van der Waals surface area contributed by atoms with Crippen molar-refractivity contribution in [2.24, 2.45) is 0 Å². The monoisotopic (exact) mass is 255 g/mol. The van der Waals surface area contributed by atoms with Crippen molar-refractivity contribution >= 4 is 35.2 Å². The number of rotatable bonds is 2. The number of benzene rings is 1. The van der Waals surface area contributed by atoms with Gasteiger partial charge in [-0.2, -0.15) is 0 Å². The van der Waals surface area contributed by atoms with Crippen molar-refractivity contribution in [3.8, 4) is 0 Å². The van der Waals surface area contributed by atoms with Gasteiger partial charge in [-0.05, 0) is 23.8 Å². The number of carbonyl (C=O) groups excluding carboxylic acids is 1. The van der Waals surface area contributed by atoms with Crippen molar-refractivity contribution in [1.82, 2.24) is 0 Å². The summed E-state index contributed by atoms with van der Waals surface area (Å²) < 4.78 is 4.45. The Morgan fingerprint density at radius 2 is 2.19 bits per heavy atom. The Kier molecular flexibility index (Phi) is 4.36. The lowest BCUT2D eigenvalue weighted by Crippen LogP contribution is -2.01. The fourth-order valence-electron chi connectivity index (χ4n) is 1.01. The van der Waals surface area contributed by atoms with Crippen LogP contribution in [0.1, 0.15) is 5.56 Å². The summed E-state index contributed by atoms with van der Waals surface area (Å²) in [6.07, 6.45) is 1.36. The quantitative estimate of drug-likeness (QED) is 0.461. The van der Waals surface area contributed by atoms with Crippen molar-refractivity contribution in [1.29, 1.82) is 0 Å². The van der Waals surface area contributed by atoms with Crippen LogP contribution in [0.5, 0.6) is 0 Å². The predicted molar refractivity (Wildman–Crippen MR) is 63.1 cm³/mol. The Morgan fingerprint density at radius 3 is 2.69 bits per heavy atom. The van der Waals surface area contributed by atoms with Gasteiger partial charge in [-0.15, -0.1) is 0 Å². The molecule has 0 aliphatic carbocycles. The third kappa shape index (κ3) is 2.99. The summed E-state index contributed by atoms with van der Waals surface area (Å²) in [6.45, 7) is 6.84. The molecule has 0 fully saturated rings. The number of hydrogen-bond donors (Lipinski definition) is 0. The zero-order valence-electron chi connectivity index (χ0n) is 8.33. The molecule has 0 amide bonds. The zero-order valence-corrected chi connectivity index (χ0v) is 9.84. The Bertz CT molecular complexity index is 489. The molecular formula is C11H7Cl2NO2. The van der Waals surface area contributed by atoms with Gasteiger partial charge in [0.25, 0.3) is 5.70 Å². The second-order valence-electron chi connectivity index (χ2n) is 2.80. The molecule has 0 aliphatic rings. The van der Waals surface area contributed by atoms with E-state index in [1.54, 1.807) is 12.1 Å². The summed E-state index contributed by atoms with van der Waals surface area (Å²) in [5, 5.41) is 0.863. The van der Waals surface area contributed by atoms with E-state index >= 15 is 0 Å². The van der Waals surface area contributed by atoms with E-state index < -0.39 is 5.97 Å². The lowest BCUT2D eigenvalue weighted by molar-refractivity contribution is -0.135. The lowest BCUT2D eigenvalue weighted by Gasteiger charge is -2.00. The molecule has 3 nitrogen and oxygen atoms in total. The van der Waals surface area contributed by atoms with Crippen LogP contribution in [0.2, 0.25) is 10.0 Å². The van der Waals surface area contributed by atoms with Crippen LogP contribution in [0, 0.1) is 6.57 Å². The van der Waals surface area contributed by atoms with Gasteiger partial charge < -0.3 is 4.74 Å². The molecule has 0 bridgehead atoms. The van der Waals surface area contributed by atoms with Crippen LogP contribution in [0.3, 0.4) is 0 Å². The van der Waals surface area contributed by atoms with Crippen LogP contribution >= 0.6 is 23.2 Å². The van der Waals surface area contributed by atoms with Crippen LogP contribution in [0.25, 0.3) is 10.9 Å². The zero-order chi connectivity index (χ0) is 12.1. The number of halogens is 2. The predicted octanol–water partition coefficient (Wildman–Crippen LogP) is 3.43. The minimum atomic E-state index is -0.694. The standard InChI is InChI=1S/C11H7Cl2NO2/c1-14-10(11(15)16-2)5-7-3-4-8(12)6-9(7)13/h3-6H,2H3. The van der Waals surface area contributed by atoms with Gasteiger partial charge in [0, 0.05) is 10.0 Å². The van der Waals surface area contributed by atoms with Crippen molar-refractivity contribution in [2.75, 3.05) is 7.11 Å². The van der Waals surface area contributed by atoms with Gasteiger partial charge in [0.15, 0.2) is 0 Å². The second kappa shape index (κ2) is 5.55. The maximum atomic E-state index is 11.2. The van der Waals surface area contributed by atoms with E-state index in [4.69, 9.17) is 29.8 Å². The highest BCUT2D eigenvalue weighted by Gasteiger charge is 2.10. The number of carbonyl (C=O) groups is 1. The van der Waals surface area contributed by atoms with Crippen LogP contribution in [0.15, 0.2) is 23.9 Å². The largest absolute Gasteiger partial charge is 0.474 e. The molecule has 0 radical (unpaired) electrons. The van der Waals surface area contributed by atoms with E-state index in [0.29, 0.717) is 15.6 Å². The third-order valence-electron chi connectivity index (χ3n) is 1.77. The van der Waals surface area contributed by atoms with Crippen LogP contribution in [-0.2, 0) is 9.53 Å². The Hall–Kier alpha value is -1.50. The number of esters is 1. The van der Waals surface area contributed by atoms with E-state index in [-0.39, 0.29) is 5.70 Å². The van der Waals surface area contributed by atoms with Crippen LogP contribution in [0.4, 0.5) is 0 Å². The van der Waals surface area contributed by atoms with E-state index in [1.807, 2.05) is 0 Å². The van der Waals surface area contributed by atoms with Gasteiger partial charge >= 0.3 is 5.97 Å². The first-order valence-electron chi connectivity index (χ1n) is 4.21. The maximum Gasteiger partial charge on any atom is 0.336 e. The molecule has 0 atom stereocenters. The molecule has 1 aromatic carbocycles. The number of hydrogen-bond acceptors (Lipinski definition) is 2. The summed E-state index contributed by atoms with van der Waals surface area (Å²) in [7, 11) is 1.21. The number of methoxy groups -OCH3 is 1. The second-order valence-corrected chi connectivity index (χ2v) is 3.64. The minimum Gasteiger partial charge on any atom is -0.474 e. The highest BCUT2D eigenvalue weighted by Crippen LogP contribution is 2.23. The van der Waals surface area contributed by atoms with E-state index in [9.17, 15) is 4.79 Å². The summed E-state index contributed by atoms with van der Waals surface area (Å²) >= 11 is 11.6. The third-order valence-corrected chi connectivity index (χ3v) is 2.33. The Balaban J connectivity index is 3.15. The van der Waals surface area contributed by atoms with Gasteiger partial charge in [0.1, 0.15) is 0 Å². The number of nitrogens with zero attached hydrogens (tertiary/aromatic N) is 1. The minimum absolute atomic E-state index is 0.133. The maximum absolute atomic E-state index is 11.2.